The maximum absolute atomic E-state index is 12.3. The molecule has 26 heavy (non-hydrogen) atoms. The molecule has 134 valence electrons. The van der Waals surface area contributed by atoms with E-state index in [2.05, 4.69) is 38.6 Å². The summed E-state index contributed by atoms with van der Waals surface area (Å²) in [6, 6.07) is 9.81. The molecule has 6 heteroatoms. The number of fused-ring (bicyclic) bond motifs is 1. The Labute approximate surface area is 153 Å². The van der Waals surface area contributed by atoms with Crippen molar-refractivity contribution in [2.75, 3.05) is 18.4 Å². The van der Waals surface area contributed by atoms with E-state index in [9.17, 15) is 4.79 Å². The van der Waals surface area contributed by atoms with Gasteiger partial charge in [-0.1, -0.05) is 18.2 Å². The highest BCUT2D eigenvalue weighted by Gasteiger charge is 2.12. The number of benzene rings is 1. The lowest BCUT2D eigenvalue weighted by atomic mass is 9.99. The number of amides is 1. The molecule has 0 aliphatic rings. The molecule has 1 aromatic carbocycles. The molecule has 0 atom stereocenters. The molecule has 0 aliphatic carbocycles. The molecule has 0 bridgehead atoms. The van der Waals surface area contributed by atoms with Gasteiger partial charge in [-0.2, -0.15) is 0 Å². The summed E-state index contributed by atoms with van der Waals surface area (Å²) in [4.78, 5) is 25.1. The number of nitrogens with zero attached hydrogens (tertiary/aromatic N) is 3. The van der Waals surface area contributed by atoms with Crippen molar-refractivity contribution in [3.05, 3.63) is 59.5 Å². The molecule has 0 spiro atoms. The number of anilines is 1. The van der Waals surface area contributed by atoms with Crippen LogP contribution in [0.2, 0.25) is 0 Å². The predicted octanol–water partition coefficient (Wildman–Crippen LogP) is 2.80. The molecule has 0 aliphatic heterocycles. The molecule has 0 radical (unpaired) electrons. The van der Waals surface area contributed by atoms with Gasteiger partial charge >= 0.3 is 0 Å². The molecule has 3 rings (SSSR count). The molecule has 0 saturated carbocycles. The van der Waals surface area contributed by atoms with E-state index in [1.165, 1.54) is 0 Å². The van der Waals surface area contributed by atoms with Crippen LogP contribution in [-0.4, -0.2) is 33.9 Å². The third-order valence-corrected chi connectivity index (χ3v) is 4.35. The van der Waals surface area contributed by atoms with Crippen LogP contribution in [0.5, 0.6) is 0 Å². The summed E-state index contributed by atoms with van der Waals surface area (Å²) in [6.45, 7) is 5.34. The fraction of sp³-hybridized carbons (Fsp3) is 0.300. The largest absolute Gasteiger partial charge is 0.356 e. The second-order valence-corrected chi connectivity index (χ2v) is 6.20. The zero-order valence-electron chi connectivity index (χ0n) is 15.1. The lowest BCUT2D eigenvalue weighted by Crippen LogP contribution is -2.28. The molecule has 0 unspecified atom stereocenters. The number of pyridine rings is 1. The Hall–Kier alpha value is -3.02. The fourth-order valence-corrected chi connectivity index (χ4v) is 2.96. The Morgan fingerprint density at radius 1 is 1.04 bits per heavy atom. The monoisotopic (exact) mass is 349 g/mol. The van der Waals surface area contributed by atoms with Crippen molar-refractivity contribution in [3.63, 3.8) is 0 Å². The van der Waals surface area contributed by atoms with Gasteiger partial charge in [0, 0.05) is 36.6 Å². The average molecular weight is 349 g/mol. The molecule has 2 heterocycles. The molecular weight excluding hydrogens is 326 g/mol. The first-order valence-corrected chi connectivity index (χ1v) is 8.77. The number of aromatic nitrogens is 3. The predicted molar refractivity (Wildman–Crippen MR) is 103 cm³/mol. The summed E-state index contributed by atoms with van der Waals surface area (Å²) in [5.74, 6) is 0.622. The van der Waals surface area contributed by atoms with Crippen LogP contribution in [0.15, 0.2) is 42.7 Å². The second-order valence-electron chi connectivity index (χ2n) is 6.20. The Kier molecular flexibility index (Phi) is 5.73. The molecule has 6 nitrogen and oxygen atoms in total. The SMILES string of the molecule is Cc1nc2ccccc2c(C)c1CC(=O)NCCCNc1ncccn1. The molecule has 3 aromatic rings. The first kappa shape index (κ1) is 17.8. The molecular formula is C20H23N5O. The normalized spacial score (nSPS) is 10.7. The van der Waals surface area contributed by atoms with Gasteiger partial charge in [-0.15, -0.1) is 0 Å². The van der Waals surface area contributed by atoms with Crippen molar-refractivity contribution in [3.8, 4) is 0 Å². The third-order valence-electron chi connectivity index (χ3n) is 4.35. The van der Waals surface area contributed by atoms with Crippen LogP contribution in [0.3, 0.4) is 0 Å². The van der Waals surface area contributed by atoms with E-state index < -0.39 is 0 Å². The molecule has 1 amide bonds. The van der Waals surface area contributed by atoms with Crippen LogP contribution >= 0.6 is 0 Å². The summed E-state index contributed by atoms with van der Waals surface area (Å²) in [7, 11) is 0. The summed E-state index contributed by atoms with van der Waals surface area (Å²) < 4.78 is 0. The minimum atomic E-state index is 0.0178. The highest BCUT2D eigenvalue weighted by Crippen LogP contribution is 2.22. The minimum absolute atomic E-state index is 0.0178. The quantitative estimate of drug-likeness (QED) is 0.641. The van der Waals surface area contributed by atoms with Gasteiger partial charge in [0.2, 0.25) is 11.9 Å². The van der Waals surface area contributed by atoms with Crippen LogP contribution in [0.25, 0.3) is 10.9 Å². The van der Waals surface area contributed by atoms with Gasteiger partial charge in [0.15, 0.2) is 0 Å². The lowest BCUT2D eigenvalue weighted by Gasteiger charge is -2.12. The maximum Gasteiger partial charge on any atom is 0.224 e. The molecule has 2 aromatic heterocycles. The number of carbonyl (C=O) groups excluding carboxylic acids is 1. The topological polar surface area (TPSA) is 79.8 Å². The Morgan fingerprint density at radius 2 is 1.81 bits per heavy atom. The molecule has 0 saturated heterocycles. The van der Waals surface area contributed by atoms with E-state index in [1.807, 2.05) is 25.1 Å². The van der Waals surface area contributed by atoms with Crippen molar-refractivity contribution in [1.29, 1.82) is 0 Å². The van der Waals surface area contributed by atoms with E-state index in [1.54, 1.807) is 18.5 Å². The highest BCUT2D eigenvalue weighted by molar-refractivity contribution is 5.86. The van der Waals surface area contributed by atoms with Gasteiger partial charge in [-0.05, 0) is 43.5 Å². The number of carbonyl (C=O) groups is 1. The van der Waals surface area contributed by atoms with Crippen molar-refractivity contribution >= 4 is 22.8 Å². The summed E-state index contributed by atoms with van der Waals surface area (Å²) in [6.07, 6.45) is 4.54. The molecule has 0 fully saturated rings. The van der Waals surface area contributed by atoms with Crippen molar-refractivity contribution < 1.29 is 4.79 Å². The smallest absolute Gasteiger partial charge is 0.224 e. The van der Waals surface area contributed by atoms with Gasteiger partial charge in [0.1, 0.15) is 0 Å². The van der Waals surface area contributed by atoms with E-state index in [4.69, 9.17) is 0 Å². The van der Waals surface area contributed by atoms with Gasteiger partial charge in [-0.3, -0.25) is 9.78 Å². The molecule has 2 N–H and O–H groups in total. The van der Waals surface area contributed by atoms with Crippen LogP contribution in [0, 0.1) is 13.8 Å². The Morgan fingerprint density at radius 3 is 2.62 bits per heavy atom. The van der Waals surface area contributed by atoms with Gasteiger partial charge in [0.05, 0.1) is 11.9 Å². The summed E-state index contributed by atoms with van der Waals surface area (Å²) >= 11 is 0. The standard InChI is InChI=1S/C20H23N5O/c1-14-16-7-3-4-8-18(16)25-15(2)17(14)13-19(26)21-9-5-10-22-20-23-11-6-12-24-20/h3-4,6-8,11-12H,5,9-10,13H2,1-2H3,(H,21,26)(H,22,23,24). The van der Waals surface area contributed by atoms with Crippen LogP contribution in [-0.2, 0) is 11.2 Å². The van der Waals surface area contributed by atoms with Gasteiger partial charge in [0.25, 0.3) is 0 Å². The van der Waals surface area contributed by atoms with E-state index in [-0.39, 0.29) is 5.91 Å². The van der Waals surface area contributed by atoms with E-state index in [0.717, 1.165) is 34.1 Å². The number of hydrogen-bond donors (Lipinski definition) is 2. The Bertz CT molecular complexity index is 895. The van der Waals surface area contributed by atoms with Crippen LogP contribution < -0.4 is 10.6 Å². The van der Waals surface area contributed by atoms with Crippen molar-refractivity contribution in [2.24, 2.45) is 0 Å². The Balaban J connectivity index is 1.51. The van der Waals surface area contributed by atoms with Crippen molar-refractivity contribution in [1.82, 2.24) is 20.3 Å². The summed E-state index contributed by atoms with van der Waals surface area (Å²) in [5.41, 5.74) is 4.03. The zero-order chi connectivity index (χ0) is 18.4. The van der Waals surface area contributed by atoms with Gasteiger partial charge in [-0.25, -0.2) is 9.97 Å². The van der Waals surface area contributed by atoms with Crippen LogP contribution in [0.1, 0.15) is 23.2 Å². The first-order chi connectivity index (χ1) is 12.6. The van der Waals surface area contributed by atoms with E-state index in [0.29, 0.717) is 25.5 Å². The van der Waals surface area contributed by atoms with E-state index >= 15 is 0 Å². The van der Waals surface area contributed by atoms with Gasteiger partial charge < -0.3 is 10.6 Å². The van der Waals surface area contributed by atoms with Crippen molar-refractivity contribution in [2.45, 2.75) is 26.7 Å². The first-order valence-electron chi connectivity index (χ1n) is 8.77. The number of rotatable bonds is 7. The summed E-state index contributed by atoms with van der Waals surface area (Å²) in [5, 5.41) is 7.20. The number of hydrogen-bond acceptors (Lipinski definition) is 5. The fourth-order valence-electron chi connectivity index (χ4n) is 2.96. The highest BCUT2D eigenvalue weighted by atomic mass is 16.1. The number of nitrogens with one attached hydrogen (secondary N) is 2. The third kappa shape index (κ3) is 4.33. The average Bonchev–Trinajstić information content (AvgIpc) is 2.66. The van der Waals surface area contributed by atoms with Crippen LogP contribution in [0.4, 0.5) is 5.95 Å². The minimum Gasteiger partial charge on any atom is -0.356 e. The maximum atomic E-state index is 12.3. The lowest BCUT2D eigenvalue weighted by molar-refractivity contribution is -0.120. The second kappa shape index (κ2) is 8.38. The zero-order valence-corrected chi connectivity index (χ0v) is 15.1. The number of aryl methyl sites for hydroxylation is 2. The number of para-hydroxylation sites is 1.